The summed E-state index contributed by atoms with van der Waals surface area (Å²) in [5.41, 5.74) is 1.37. The predicted octanol–water partition coefficient (Wildman–Crippen LogP) is 3.00. The third-order valence-electron chi connectivity index (χ3n) is 4.41. The second-order valence-electron chi connectivity index (χ2n) is 5.94. The molecule has 0 aliphatic carbocycles. The Bertz CT molecular complexity index is 752. The maximum Gasteiger partial charge on any atom is 0.254 e. The highest BCUT2D eigenvalue weighted by atomic mass is 35.5. The van der Waals surface area contributed by atoms with Gasteiger partial charge in [0.2, 0.25) is 0 Å². The van der Waals surface area contributed by atoms with E-state index in [1.54, 1.807) is 60.5 Å². The van der Waals surface area contributed by atoms with Gasteiger partial charge in [0.25, 0.3) is 5.91 Å². The van der Waals surface area contributed by atoms with Gasteiger partial charge in [-0.25, -0.2) is 0 Å². The summed E-state index contributed by atoms with van der Waals surface area (Å²) in [6.07, 6.45) is 0.926. The molecule has 0 spiro atoms. The molecule has 24 heavy (non-hydrogen) atoms. The molecule has 2 aromatic rings. The number of carbonyl (C=O) groups excluding carboxylic acids is 2. The van der Waals surface area contributed by atoms with E-state index < -0.39 is 0 Å². The van der Waals surface area contributed by atoms with Crippen molar-refractivity contribution in [2.24, 2.45) is 0 Å². The van der Waals surface area contributed by atoms with Crippen LogP contribution in [0.1, 0.15) is 32.7 Å². The van der Waals surface area contributed by atoms with Crippen molar-refractivity contribution >= 4 is 23.3 Å². The van der Waals surface area contributed by atoms with Gasteiger partial charge in [0.05, 0.1) is 5.56 Å². The molecular formula is C19H19ClN2O2. The van der Waals surface area contributed by atoms with Crippen LogP contribution in [-0.2, 0) is 0 Å². The molecule has 1 aliphatic rings. The number of nitrogens with one attached hydrogen (secondary N) is 1. The lowest BCUT2D eigenvalue weighted by molar-refractivity contribution is 0.0739. The molecule has 0 radical (unpaired) electrons. The molecule has 0 bridgehead atoms. The highest BCUT2D eigenvalue weighted by Gasteiger charge is 2.26. The average Bonchev–Trinajstić information content (AvgIpc) is 3.15. The third kappa shape index (κ3) is 3.35. The second-order valence-corrected chi connectivity index (χ2v) is 6.38. The van der Waals surface area contributed by atoms with Gasteiger partial charge in [-0.15, -0.1) is 0 Å². The molecular weight excluding hydrogens is 324 g/mol. The highest BCUT2D eigenvalue weighted by Crippen LogP contribution is 2.19. The van der Waals surface area contributed by atoms with Crippen molar-refractivity contribution in [1.29, 1.82) is 0 Å². The Morgan fingerprint density at radius 1 is 1.08 bits per heavy atom. The SMILES string of the molecule is CN(C(=O)c1ccccc1C(=O)c1ccc(Cl)cc1)[C@H]1CCNC1. The minimum atomic E-state index is -0.173. The van der Waals surface area contributed by atoms with E-state index in [4.69, 9.17) is 11.6 Å². The molecule has 1 amide bonds. The van der Waals surface area contributed by atoms with Crippen LogP contribution in [-0.4, -0.2) is 42.8 Å². The first-order valence-electron chi connectivity index (χ1n) is 7.95. The van der Waals surface area contributed by atoms with Crippen LogP contribution in [0.3, 0.4) is 0 Å². The Hall–Kier alpha value is -2.17. The van der Waals surface area contributed by atoms with Crippen LogP contribution in [0.15, 0.2) is 48.5 Å². The highest BCUT2D eigenvalue weighted by molar-refractivity contribution is 6.30. The molecule has 0 aromatic heterocycles. The van der Waals surface area contributed by atoms with Gasteiger partial charge in [-0.05, 0) is 43.3 Å². The van der Waals surface area contributed by atoms with Crippen LogP contribution in [0.5, 0.6) is 0 Å². The normalized spacial score (nSPS) is 16.8. The number of ketones is 1. The maximum absolute atomic E-state index is 12.9. The van der Waals surface area contributed by atoms with E-state index in [0.717, 1.165) is 19.5 Å². The number of carbonyl (C=O) groups is 2. The Kier molecular flexibility index (Phi) is 4.97. The molecule has 0 saturated carbocycles. The zero-order chi connectivity index (χ0) is 17.1. The van der Waals surface area contributed by atoms with Crippen LogP contribution in [0.25, 0.3) is 0 Å². The Morgan fingerprint density at radius 2 is 1.75 bits per heavy atom. The second kappa shape index (κ2) is 7.16. The van der Waals surface area contributed by atoms with Crippen LogP contribution in [0, 0.1) is 0 Å². The summed E-state index contributed by atoms with van der Waals surface area (Å²) in [5, 5.41) is 3.83. The fourth-order valence-corrected chi connectivity index (χ4v) is 3.08. The van der Waals surface area contributed by atoms with Gasteiger partial charge in [-0.3, -0.25) is 9.59 Å². The smallest absolute Gasteiger partial charge is 0.254 e. The van der Waals surface area contributed by atoms with Gasteiger partial charge in [0.15, 0.2) is 5.78 Å². The van der Waals surface area contributed by atoms with E-state index in [2.05, 4.69) is 5.32 Å². The summed E-state index contributed by atoms with van der Waals surface area (Å²) in [6.45, 7) is 1.70. The van der Waals surface area contributed by atoms with Crippen LogP contribution in [0.4, 0.5) is 0 Å². The molecule has 1 N–H and O–H groups in total. The standard InChI is InChI=1S/C19H19ClN2O2/c1-22(15-10-11-21-12-15)19(24)17-5-3-2-4-16(17)18(23)13-6-8-14(20)9-7-13/h2-9,15,21H,10-12H2,1H3/t15-/m0/s1. The molecule has 3 rings (SSSR count). The van der Waals surface area contributed by atoms with Gasteiger partial charge >= 0.3 is 0 Å². The summed E-state index contributed by atoms with van der Waals surface area (Å²) in [4.78, 5) is 27.4. The molecule has 1 atom stereocenters. The summed E-state index contributed by atoms with van der Waals surface area (Å²) in [6, 6.07) is 13.8. The lowest BCUT2D eigenvalue weighted by Crippen LogP contribution is -2.39. The number of hydrogen-bond donors (Lipinski definition) is 1. The molecule has 2 aromatic carbocycles. The summed E-state index contributed by atoms with van der Waals surface area (Å²) < 4.78 is 0. The number of benzene rings is 2. The van der Waals surface area contributed by atoms with Crippen molar-refractivity contribution in [3.63, 3.8) is 0 Å². The molecule has 0 unspecified atom stereocenters. The van der Waals surface area contributed by atoms with Gasteiger partial charge in [-0.2, -0.15) is 0 Å². The van der Waals surface area contributed by atoms with Gasteiger partial charge in [0, 0.05) is 35.8 Å². The van der Waals surface area contributed by atoms with Crippen molar-refractivity contribution < 1.29 is 9.59 Å². The summed E-state index contributed by atoms with van der Waals surface area (Å²) >= 11 is 5.88. The fourth-order valence-electron chi connectivity index (χ4n) is 2.95. The fraction of sp³-hybridized carbons (Fsp3) is 0.263. The van der Waals surface area contributed by atoms with Crippen molar-refractivity contribution in [3.05, 3.63) is 70.2 Å². The van der Waals surface area contributed by atoms with Crippen LogP contribution >= 0.6 is 11.6 Å². The lowest BCUT2D eigenvalue weighted by Gasteiger charge is -2.24. The number of nitrogens with zero attached hydrogens (tertiary/aromatic N) is 1. The van der Waals surface area contributed by atoms with Crippen molar-refractivity contribution in [2.75, 3.05) is 20.1 Å². The summed E-state index contributed by atoms with van der Waals surface area (Å²) in [7, 11) is 1.80. The van der Waals surface area contributed by atoms with Gasteiger partial charge in [0.1, 0.15) is 0 Å². The van der Waals surface area contributed by atoms with E-state index >= 15 is 0 Å². The molecule has 1 aliphatic heterocycles. The molecule has 5 heteroatoms. The van der Waals surface area contributed by atoms with Crippen LogP contribution < -0.4 is 5.32 Å². The monoisotopic (exact) mass is 342 g/mol. The van der Waals surface area contributed by atoms with E-state index in [9.17, 15) is 9.59 Å². The van der Waals surface area contributed by atoms with Gasteiger partial charge < -0.3 is 10.2 Å². The molecule has 1 heterocycles. The van der Waals surface area contributed by atoms with Crippen molar-refractivity contribution in [2.45, 2.75) is 12.5 Å². The quantitative estimate of drug-likeness (QED) is 0.869. The Morgan fingerprint density at radius 3 is 2.38 bits per heavy atom. The van der Waals surface area contributed by atoms with Crippen LogP contribution in [0.2, 0.25) is 5.02 Å². The largest absolute Gasteiger partial charge is 0.337 e. The first-order chi connectivity index (χ1) is 11.6. The van der Waals surface area contributed by atoms with E-state index in [0.29, 0.717) is 21.7 Å². The zero-order valence-corrected chi connectivity index (χ0v) is 14.2. The number of hydrogen-bond acceptors (Lipinski definition) is 3. The van der Waals surface area contributed by atoms with Gasteiger partial charge in [-0.1, -0.05) is 29.8 Å². The Balaban J connectivity index is 1.91. The number of halogens is 1. The summed E-state index contributed by atoms with van der Waals surface area (Å²) in [5.74, 6) is -0.296. The van der Waals surface area contributed by atoms with Crippen molar-refractivity contribution in [3.8, 4) is 0 Å². The zero-order valence-electron chi connectivity index (χ0n) is 13.5. The van der Waals surface area contributed by atoms with E-state index in [1.807, 2.05) is 0 Å². The minimum absolute atomic E-state index is 0.124. The third-order valence-corrected chi connectivity index (χ3v) is 4.66. The average molecular weight is 343 g/mol. The first kappa shape index (κ1) is 16.7. The van der Waals surface area contributed by atoms with E-state index in [-0.39, 0.29) is 17.7 Å². The van der Waals surface area contributed by atoms with Crippen molar-refractivity contribution in [1.82, 2.24) is 10.2 Å². The molecule has 4 nitrogen and oxygen atoms in total. The number of likely N-dealkylation sites (N-methyl/N-ethyl adjacent to an activating group) is 1. The molecule has 124 valence electrons. The topological polar surface area (TPSA) is 49.4 Å². The lowest BCUT2D eigenvalue weighted by atomic mass is 9.97. The predicted molar refractivity (Wildman–Crippen MR) is 94.7 cm³/mol. The number of rotatable bonds is 4. The molecule has 1 saturated heterocycles. The minimum Gasteiger partial charge on any atom is -0.337 e. The number of amides is 1. The first-order valence-corrected chi connectivity index (χ1v) is 8.33. The Labute approximate surface area is 146 Å². The molecule has 1 fully saturated rings. The maximum atomic E-state index is 12.9. The van der Waals surface area contributed by atoms with E-state index in [1.165, 1.54) is 0 Å².